The lowest BCUT2D eigenvalue weighted by Crippen LogP contribution is -2.49. The maximum absolute atomic E-state index is 12.5. The highest BCUT2D eigenvalue weighted by Crippen LogP contribution is 2.24. The second-order valence-electron chi connectivity index (χ2n) is 5.00. The molecular formula is C13H17Cl2N3O3S. The zero-order valence-corrected chi connectivity index (χ0v) is 14.4. The molecule has 9 heteroatoms. The molecule has 0 bridgehead atoms. The summed E-state index contributed by atoms with van der Waals surface area (Å²) in [6.45, 7) is 2.37. The number of hydrogen-bond donors (Lipinski definition) is 1. The van der Waals surface area contributed by atoms with Crippen molar-refractivity contribution in [2.75, 3.05) is 39.8 Å². The second kappa shape index (κ2) is 7.14. The van der Waals surface area contributed by atoms with Crippen molar-refractivity contribution in [1.82, 2.24) is 14.5 Å². The summed E-state index contributed by atoms with van der Waals surface area (Å²) in [5.74, 6) is -0.222. The first-order valence-electron chi connectivity index (χ1n) is 6.71. The van der Waals surface area contributed by atoms with Gasteiger partial charge in [-0.1, -0.05) is 23.2 Å². The van der Waals surface area contributed by atoms with Crippen molar-refractivity contribution >= 4 is 39.1 Å². The summed E-state index contributed by atoms with van der Waals surface area (Å²) in [5, 5.41) is 3.60. The molecule has 0 aliphatic carbocycles. The minimum absolute atomic E-state index is 0.0272. The predicted molar refractivity (Wildman–Crippen MR) is 85.7 cm³/mol. The second-order valence-corrected chi connectivity index (χ2v) is 7.91. The molecule has 0 aromatic heterocycles. The van der Waals surface area contributed by atoms with E-state index < -0.39 is 10.0 Å². The molecule has 0 radical (unpaired) electrons. The van der Waals surface area contributed by atoms with E-state index in [0.29, 0.717) is 26.2 Å². The molecule has 0 atom stereocenters. The van der Waals surface area contributed by atoms with E-state index in [1.54, 1.807) is 4.90 Å². The zero-order chi connectivity index (χ0) is 16.3. The van der Waals surface area contributed by atoms with E-state index in [1.807, 2.05) is 0 Å². The summed E-state index contributed by atoms with van der Waals surface area (Å²) in [6, 6.07) is 4.08. The number of hydrogen-bond acceptors (Lipinski definition) is 4. The Morgan fingerprint density at radius 3 is 2.32 bits per heavy atom. The number of halogens is 2. The highest BCUT2D eigenvalue weighted by Gasteiger charge is 2.26. The molecule has 1 aromatic carbocycles. The van der Waals surface area contributed by atoms with Gasteiger partial charge in [0.05, 0.1) is 11.4 Å². The fourth-order valence-corrected chi connectivity index (χ4v) is 3.99. The van der Waals surface area contributed by atoms with Gasteiger partial charge in [-0.25, -0.2) is 8.42 Å². The van der Waals surface area contributed by atoms with E-state index in [9.17, 15) is 13.2 Å². The molecule has 0 spiro atoms. The van der Waals surface area contributed by atoms with Gasteiger partial charge < -0.3 is 10.2 Å². The van der Waals surface area contributed by atoms with Gasteiger partial charge in [-0.15, -0.1) is 0 Å². The maximum atomic E-state index is 12.5. The van der Waals surface area contributed by atoms with E-state index in [-0.39, 0.29) is 27.4 Å². The average molecular weight is 366 g/mol. The van der Waals surface area contributed by atoms with Crippen LogP contribution in [0.4, 0.5) is 0 Å². The van der Waals surface area contributed by atoms with Gasteiger partial charge in [-0.3, -0.25) is 4.79 Å². The van der Waals surface area contributed by atoms with E-state index >= 15 is 0 Å². The van der Waals surface area contributed by atoms with Crippen LogP contribution in [0.5, 0.6) is 0 Å². The standard InChI is InChI=1S/C13H17Cl2N3O3S/c1-17(9-13(19)18-4-2-16-3-5-18)22(20,21)12-7-10(14)6-11(15)8-12/h6-8,16H,2-5,9H2,1H3. The number of sulfonamides is 1. The van der Waals surface area contributed by atoms with E-state index in [1.165, 1.54) is 25.2 Å². The number of amides is 1. The largest absolute Gasteiger partial charge is 0.339 e. The Morgan fingerprint density at radius 2 is 1.77 bits per heavy atom. The Bertz CT molecular complexity index is 640. The molecule has 22 heavy (non-hydrogen) atoms. The van der Waals surface area contributed by atoms with Gasteiger partial charge in [0.1, 0.15) is 0 Å². The van der Waals surface area contributed by atoms with E-state index in [0.717, 1.165) is 4.31 Å². The van der Waals surface area contributed by atoms with Gasteiger partial charge in [0.15, 0.2) is 0 Å². The summed E-state index contributed by atoms with van der Waals surface area (Å²) >= 11 is 11.7. The average Bonchev–Trinajstić information content (AvgIpc) is 2.47. The van der Waals surface area contributed by atoms with Crippen LogP contribution in [0.25, 0.3) is 0 Å². The molecule has 122 valence electrons. The SMILES string of the molecule is CN(CC(=O)N1CCNCC1)S(=O)(=O)c1cc(Cl)cc(Cl)c1. The molecule has 1 saturated heterocycles. The quantitative estimate of drug-likeness (QED) is 0.865. The molecule has 2 rings (SSSR count). The normalized spacial score (nSPS) is 16.1. The summed E-state index contributed by atoms with van der Waals surface area (Å²) in [5.41, 5.74) is 0. The Labute approximate surface area is 140 Å². The van der Waals surface area contributed by atoms with Crippen LogP contribution >= 0.6 is 23.2 Å². The summed E-state index contributed by atoms with van der Waals surface area (Å²) in [6.07, 6.45) is 0. The van der Waals surface area contributed by atoms with E-state index in [4.69, 9.17) is 23.2 Å². The molecule has 1 N–H and O–H groups in total. The summed E-state index contributed by atoms with van der Waals surface area (Å²) in [4.78, 5) is 13.8. The Morgan fingerprint density at radius 1 is 1.23 bits per heavy atom. The molecule has 1 amide bonds. The molecule has 0 unspecified atom stereocenters. The van der Waals surface area contributed by atoms with Gasteiger partial charge >= 0.3 is 0 Å². The lowest BCUT2D eigenvalue weighted by molar-refractivity contribution is -0.131. The Balaban J connectivity index is 2.12. The van der Waals surface area contributed by atoms with Crippen LogP contribution < -0.4 is 5.32 Å². The van der Waals surface area contributed by atoms with Crippen molar-refractivity contribution in [1.29, 1.82) is 0 Å². The topological polar surface area (TPSA) is 69.7 Å². The molecule has 1 heterocycles. The lowest BCUT2D eigenvalue weighted by atomic mass is 10.3. The van der Waals surface area contributed by atoms with Crippen molar-refractivity contribution in [2.24, 2.45) is 0 Å². The monoisotopic (exact) mass is 365 g/mol. The smallest absolute Gasteiger partial charge is 0.243 e. The number of rotatable bonds is 4. The highest BCUT2D eigenvalue weighted by atomic mass is 35.5. The van der Waals surface area contributed by atoms with Gasteiger partial charge in [0.25, 0.3) is 0 Å². The van der Waals surface area contributed by atoms with Crippen LogP contribution in [-0.4, -0.2) is 63.3 Å². The van der Waals surface area contributed by atoms with Crippen LogP contribution in [0.3, 0.4) is 0 Å². The lowest BCUT2D eigenvalue weighted by Gasteiger charge is -2.29. The zero-order valence-electron chi connectivity index (χ0n) is 12.1. The first-order chi connectivity index (χ1) is 10.3. The first kappa shape index (κ1) is 17.5. The summed E-state index contributed by atoms with van der Waals surface area (Å²) < 4.78 is 26.0. The van der Waals surface area contributed by atoms with Gasteiger partial charge in [-0.2, -0.15) is 4.31 Å². The minimum Gasteiger partial charge on any atom is -0.339 e. The number of piperazine rings is 1. The van der Waals surface area contributed by atoms with Crippen LogP contribution in [0, 0.1) is 0 Å². The van der Waals surface area contributed by atoms with Gasteiger partial charge in [0, 0.05) is 43.3 Å². The first-order valence-corrected chi connectivity index (χ1v) is 8.91. The molecule has 1 fully saturated rings. The third kappa shape index (κ3) is 4.11. The fourth-order valence-electron chi connectivity index (χ4n) is 2.15. The fraction of sp³-hybridized carbons (Fsp3) is 0.462. The van der Waals surface area contributed by atoms with Crippen LogP contribution in [0.1, 0.15) is 0 Å². The number of carbonyl (C=O) groups is 1. The molecule has 0 saturated carbocycles. The van der Waals surface area contributed by atoms with Crippen LogP contribution in [-0.2, 0) is 14.8 Å². The number of carbonyl (C=O) groups excluding carboxylic acids is 1. The molecule has 6 nitrogen and oxygen atoms in total. The molecule has 1 aliphatic rings. The van der Waals surface area contributed by atoms with Crippen molar-refractivity contribution in [3.63, 3.8) is 0 Å². The van der Waals surface area contributed by atoms with E-state index in [2.05, 4.69) is 5.32 Å². The molecule has 1 aromatic rings. The van der Waals surface area contributed by atoms with Gasteiger partial charge in [0.2, 0.25) is 15.9 Å². The highest BCUT2D eigenvalue weighted by molar-refractivity contribution is 7.89. The number of benzene rings is 1. The van der Waals surface area contributed by atoms with Gasteiger partial charge in [-0.05, 0) is 18.2 Å². The maximum Gasteiger partial charge on any atom is 0.243 e. The number of likely N-dealkylation sites (N-methyl/N-ethyl adjacent to an activating group) is 1. The van der Waals surface area contributed by atoms with Crippen LogP contribution in [0.15, 0.2) is 23.1 Å². The third-order valence-corrected chi connectivity index (χ3v) is 5.59. The van der Waals surface area contributed by atoms with Crippen molar-refractivity contribution in [3.8, 4) is 0 Å². The number of nitrogens with one attached hydrogen (secondary N) is 1. The van der Waals surface area contributed by atoms with Crippen molar-refractivity contribution in [2.45, 2.75) is 4.90 Å². The Kier molecular flexibility index (Phi) is 5.68. The summed E-state index contributed by atoms with van der Waals surface area (Å²) in [7, 11) is -2.45. The third-order valence-electron chi connectivity index (χ3n) is 3.37. The van der Waals surface area contributed by atoms with Crippen molar-refractivity contribution in [3.05, 3.63) is 28.2 Å². The molecule has 1 aliphatic heterocycles. The Hall–Kier alpha value is -0.860. The predicted octanol–water partition coefficient (Wildman–Crippen LogP) is 1.05. The van der Waals surface area contributed by atoms with Crippen LogP contribution in [0.2, 0.25) is 10.0 Å². The number of nitrogens with zero attached hydrogens (tertiary/aromatic N) is 2. The molecular weight excluding hydrogens is 349 g/mol. The van der Waals surface area contributed by atoms with Crippen molar-refractivity contribution < 1.29 is 13.2 Å². The minimum atomic E-state index is -3.82.